The molecule has 1 aliphatic rings. The van der Waals surface area contributed by atoms with Crippen LogP contribution in [0.5, 0.6) is 23.0 Å². The van der Waals surface area contributed by atoms with Gasteiger partial charge in [0, 0.05) is 69.3 Å². The van der Waals surface area contributed by atoms with Crippen LogP contribution in [0.4, 0.5) is 0 Å². The van der Waals surface area contributed by atoms with Crippen LogP contribution in [0.25, 0.3) is 0 Å². The molecule has 0 aliphatic carbocycles. The number of aromatic nitrogens is 4. The van der Waals surface area contributed by atoms with Crippen molar-refractivity contribution in [1.82, 2.24) is 19.9 Å². The molecule has 4 aromatic carbocycles. The molecule has 84 heavy (non-hydrogen) atoms. The normalized spacial score (nSPS) is 14.0. The number of rotatable bonds is 12. The molecule has 5 heterocycles. The third-order valence-corrected chi connectivity index (χ3v) is 14.9. The Morgan fingerprint density at radius 2 is 0.464 bits per heavy atom. The fourth-order valence-electron chi connectivity index (χ4n) is 9.95. The van der Waals surface area contributed by atoms with E-state index >= 15 is 0 Å². The van der Waals surface area contributed by atoms with Crippen LogP contribution >= 0.6 is 0 Å². The molecule has 1 aliphatic heterocycles. The largest absolute Gasteiger partial charge is 0.487 e. The first-order valence-electron chi connectivity index (χ1n) is 29.2. The van der Waals surface area contributed by atoms with Gasteiger partial charge >= 0.3 is 0 Å². The fourth-order valence-corrected chi connectivity index (χ4v) is 9.95. The Morgan fingerprint density at radius 3 is 0.607 bits per heavy atom. The van der Waals surface area contributed by atoms with Gasteiger partial charge < -0.3 is 37.9 Å². The van der Waals surface area contributed by atoms with Crippen molar-refractivity contribution in [2.75, 3.05) is 0 Å². The number of nitrogens with zero attached hydrogens (tertiary/aromatic N) is 4. The second-order valence-electron chi connectivity index (χ2n) is 25.9. The van der Waals surface area contributed by atoms with E-state index in [1.54, 1.807) is 24.8 Å². The van der Waals surface area contributed by atoms with E-state index in [0.717, 1.165) is 89.5 Å². The Bertz CT molecular complexity index is 2880. The number of ether oxygens (including phenoxy) is 8. The highest BCUT2D eigenvalue weighted by atomic mass is 16.5. The van der Waals surface area contributed by atoms with Crippen LogP contribution in [0.2, 0.25) is 0 Å². The Balaban J connectivity index is 1.19. The molecule has 0 fully saturated rings. The van der Waals surface area contributed by atoms with E-state index < -0.39 is 0 Å². The molecule has 0 saturated carbocycles. The fraction of sp³-hybridized carbons (Fsp3) is 0.389. The minimum Gasteiger partial charge on any atom is -0.487 e. The van der Waals surface area contributed by atoms with Crippen LogP contribution < -0.4 is 18.9 Å². The van der Waals surface area contributed by atoms with Gasteiger partial charge in [0.25, 0.3) is 0 Å². The van der Waals surface area contributed by atoms with Crippen molar-refractivity contribution in [3.05, 3.63) is 236 Å². The summed E-state index contributed by atoms with van der Waals surface area (Å²) in [6.07, 6.45) is 7.15. The molecule has 0 unspecified atom stereocenters. The average Bonchev–Trinajstić information content (AvgIpc) is 3.56. The first-order valence-corrected chi connectivity index (χ1v) is 29.2. The zero-order chi connectivity index (χ0) is 59.5. The second kappa shape index (κ2) is 27.0. The molecule has 0 radical (unpaired) electrons. The first kappa shape index (κ1) is 61.1. The van der Waals surface area contributed by atoms with Crippen LogP contribution in [-0.4, -0.2) is 19.9 Å². The summed E-state index contributed by atoms with van der Waals surface area (Å²) in [5.41, 5.74) is 14.0. The lowest BCUT2D eigenvalue weighted by Gasteiger charge is -2.26. The predicted octanol–water partition coefficient (Wildman–Crippen LogP) is 16.0. The van der Waals surface area contributed by atoms with Crippen molar-refractivity contribution in [2.24, 2.45) is 0 Å². The summed E-state index contributed by atoms with van der Waals surface area (Å²) in [5, 5.41) is 0. The van der Waals surface area contributed by atoms with Gasteiger partial charge in [-0.15, -0.1) is 0 Å². The molecule has 9 rings (SSSR count). The molecule has 12 nitrogen and oxygen atoms in total. The van der Waals surface area contributed by atoms with Gasteiger partial charge in [-0.25, -0.2) is 0 Å². The maximum atomic E-state index is 6.95. The van der Waals surface area contributed by atoms with E-state index in [4.69, 9.17) is 37.9 Å². The van der Waals surface area contributed by atoms with Gasteiger partial charge in [-0.05, 0) is 141 Å². The summed E-state index contributed by atoms with van der Waals surface area (Å²) in [4.78, 5) is 18.5. The van der Waals surface area contributed by atoms with E-state index in [0.29, 0.717) is 23.0 Å². The summed E-state index contributed by atoms with van der Waals surface area (Å²) in [5.74, 6) is 2.77. The summed E-state index contributed by atoms with van der Waals surface area (Å²) >= 11 is 0. The minimum atomic E-state index is -0.225. The highest BCUT2D eigenvalue weighted by Gasteiger charge is 2.27. The summed E-state index contributed by atoms with van der Waals surface area (Å²) in [6, 6.07) is 41.1. The number of hydrogen-bond donors (Lipinski definition) is 0. The molecule has 8 bridgehead atoms. The van der Waals surface area contributed by atoms with Crippen molar-refractivity contribution < 1.29 is 37.9 Å². The number of pyridine rings is 4. The van der Waals surface area contributed by atoms with Gasteiger partial charge in [0.1, 0.15) is 49.4 Å². The van der Waals surface area contributed by atoms with Crippen LogP contribution in [-0.2, 0) is 120 Å². The molecule has 0 atom stereocenters. The van der Waals surface area contributed by atoms with Crippen molar-refractivity contribution in [2.45, 2.75) is 184 Å². The summed E-state index contributed by atoms with van der Waals surface area (Å²) < 4.78 is 55.3. The van der Waals surface area contributed by atoms with E-state index in [1.807, 2.05) is 72.8 Å². The standard InChI is InChI=1S/C72H84N4O8/c1-69(2,3)57-29-49-37-77-39-51-31-58(70(4,5)6)33-53(66(51)82-46-62-22-14-18-26-74-62)41-79-43-55-35-60(72(10,11)12)36-56(68(55)84-48-64-24-16-20-28-76-64)44-80-42-54-34-59(71(7,8)9)32-52(67(54)83-47-63-23-15-19-27-75-63)40-78-38-50(30-57)65(49)81-45-61-21-13-17-25-73-61/h13-36H,37-48H2,1-12H3. The number of fused-ring (bicyclic) bond motifs is 8. The highest BCUT2D eigenvalue weighted by molar-refractivity contribution is 5.51. The van der Waals surface area contributed by atoms with Crippen LogP contribution in [0.1, 0.15) is 173 Å². The monoisotopic (exact) mass is 1130 g/mol. The van der Waals surface area contributed by atoms with Crippen molar-refractivity contribution in [3.8, 4) is 23.0 Å². The second-order valence-corrected chi connectivity index (χ2v) is 25.9. The molecule has 8 aromatic rings. The lowest BCUT2D eigenvalue weighted by atomic mass is 9.84. The van der Waals surface area contributed by atoms with Gasteiger partial charge in [0.05, 0.1) is 75.6 Å². The van der Waals surface area contributed by atoms with Crippen LogP contribution in [0, 0.1) is 0 Å². The lowest BCUT2D eigenvalue weighted by molar-refractivity contribution is 0.0893. The quantitative estimate of drug-likeness (QED) is 0.116. The molecular formula is C72H84N4O8. The van der Waals surface area contributed by atoms with E-state index in [-0.39, 0.29) is 101 Å². The molecule has 440 valence electrons. The highest BCUT2D eigenvalue weighted by Crippen LogP contribution is 2.40. The van der Waals surface area contributed by atoms with Crippen LogP contribution in [0.3, 0.4) is 0 Å². The predicted molar refractivity (Wildman–Crippen MR) is 329 cm³/mol. The molecule has 4 aromatic heterocycles. The van der Waals surface area contributed by atoms with Crippen molar-refractivity contribution in [1.29, 1.82) is 0 Å². The molecule has 12 heteroatoms. The molecular weight excluding hydrogens is 1050 g/mol. The van der Waals surface area contributed by atoms with E-state index in [9.17, 15) is 0 Å². The average molecular weight is 1130 g/mol. The van der Waals surface area contributed by atoms with Gasteiger partial charge in [0.15, 0.2) is 0 Å². The third-order valence-electron chi connectivity index (χ3n) is 14.9. The molecule has 0 amide bonds. The Labute approximate surface area is 498 Å². The SMILES string of the molecule is CC(C)(C)c1cc2c(OCc3ccccn3)c(c1)COCc1cc(C(C)(C)C)cc(c1OCc1ccccn1)COCc1cc(C(C)(C)C)cc(c1OCc1ccccn1)COCc1cc(C(C)(C)C)cc(c1OCc1ccccn1)COC2. The van der Waals surface area contributed by atoms with Gasteiger partial charge in [-0.3, -0.25) is 19.9 Å². The van der Waals surface area contributed by atoms with E-state index in [2.05, 4.69) is 152 Å². The Hall–Kier alpha value is -7.48. The smallest absolute Gasteiger partial charge is 0.130 e. The van der Waals surface area contributed by atoms with Gasteiger partial charge in [0.2, 0.25) is 0 Å². The maximum absolute atomic E-state index is 6.95. The molecule has 0 N–H and O–H groups in total. The van der Waals surface area contributed by atoms with E-state index in [1.165, 1.54) is 0 Å². The zero-order valence-corrected chi connectivity index (χ0v) is 51.4. The van der Waals surface area contributed by atoms with Crippen molar-refractivity contribution >= 4 is 0 Å². The minimum absolute atomic E-state index is 0.225. The van der Waals surface area contributed by atoms with Crippen LogP contribution in [0.15, 0.2) is 146 Å². The Kier molecular flexibility index (Phi) is 19.7. The van der Waals surface area contributed by atoms with Gasteiger partial charge in [-0.1, -0.05) is 107 Å². The number of benzene rings is 4. The number of hydrogen-bond acceptors (Lipinski definition) is 12. The summed E-state index contributed by atoms with van der Waals surface area (Å²) in [7, 11) is 0. The third kappa shape index (κ3) is 16.4. The Morgan fingerprint density at radius 1 is 0.286 bits per heavy atom. The van der Waals surface area contributed by atoms with Gasteiger partial charge in [-0.2, -0.15) is 0 Å². The van der Waals surface area contributed by atoms with Crippen molar-refractivity contribution in [3.63, 3.8) is 0 Å². The first-order chi connectivity index (χ1) is 40.2. The topological polar surface area (TPSA) is 125 Å². The zero-order valence-electron chi connectivity index (χ0n) is 51.4. The molecule has 0 spiro atoms. The molecule has 0 saturated heterocycles. The maximum Gasteiger partial charge on any atom is 0.130 e. The summed E-state index contributed by atoms with van der Waals surface area (Å²) in [6.45, 7) is 29.5. The lowest BCUT2D eigenvalue weighted by Crippen LogP contribution is -2.16.